The minimum absolute atomic E-state index is 0.00384. The summed E-state index contributed by atoms with van der Waals surface area (Å²) in [7, 11) is 1.38. The van der Waals surface area contributed by atoms with Crippen LogP contribution in [0.1, 0.15) is 17.0 Å². The molecule has 3 nitrogen and oxygen atoms in total. The van der Waals surface area contributed by atoms with Crippen LogP contribution in [0.5, 0.6) is 0 Å². The summed E-state index contributed by atoms with van der Waals surface area (Å²) in [6.45, 7) is 0.0473. The molecule has 1 aromatic carbocycles. The smallest absolute Gasteiger partial charge is 0.307 e. The van der Waals surface area contributed by atoms with Gasteiger partial charge >= 0.3 is 6.18 Å². The van der Waals surface area contributed by atoms with Crippen LogP contribution >= 0.6 is 0 Å². The van der Waals surface area contributed by atoms with Gasteiger partial charge in [0.15, 0.2) is 17.3 Å². The fraction of sp³-hybridized carbons (Fsp3) is 0.308. The van der Waals surface area contributed by atoms with Crippen LogP contribution in [0.3, 0.4) is 0 Å². The molecular formula is C13H12F5N3. The average Bonchev–Trinajstić information content (AvgIpc) is 2.76. The molecule has 0 amide bonds. The molecule has 0 radical (unpaired) electrons. The molecule has 8 heteroatoms. The zero-order valence-corrected chi connectivity index (χ0v) is 11.0. The minimum Gasteiger partial charge on any atom is -0.307 e. The molecule has 0 unspecified atom stereocenters. The average molecular weight is 305 g/mol. The summed E-state index contributed by atoms with van der Waals surface area (Å²) in [6, 6.07) is 4.67. The molecule has 1 heterocycles. The first kappa shape index (κ1) is 15.4. The van der Waals surface area contributed by atoms with Crippen LogP contribution in [-0.2, 0) is 26.3 Å². The van der Waals surface area contributed by atoms with Gasteiger partial charge in [-0.2, -0.15) is 18.3 Å². The number of halogens is 5. The Kier molecular flexibility index (Phi) is 4.26. The zero-order chi connectivity index (χ0) is 15.6. The van der Waals surface area contributed by atoms with Crippen molar-refractivity contribution in [3.63, 3.8) is 0 Å². The predicted octanol–water partition coefficient (Wildman–Crippen LogP) is 3.01. The van der Waals surface area contributed by atoms with Crippen LogP contribution in [-0.4, -0.2) is 9.78 Å². The summed E-state index contributed by atoms with van der Waals surface area (Å²) in [6.07, 6.45) is -4.51. The quantitative estimate of drug-likeness (QED) is 0.880. The minimum atomic E-state index is -4.51. The first-order chi connectivity index (χ1) is 9.79. The van der Waals surface area contributed by atoms with Crippen LogP contribution in [0.4, 0.5) is 22.0 Å². The number of nitrogens with zero attached hydrogens (tertiary/aromatic N) is 2. The van der Waals surface area contributed by atoms with Gasteiger partial charge in [-0.1, -0.05) is 12.1 Å². The Morgan fingerprint density at radius 3 is 2.52 bits per heavy atom. The lowest BCUT2D eigenvalue weighted by molar-refractivity contribution is -0.141. The topological polar surface area (TPSA) is 29.9 Å². The van der Waals surface area contributed by atoms with Gasteiger partial charge in [-0.25, -0.2) is 8.78 Å². The molecule has 0 bridgehead atoms. The van der Waals surface area contributed by atoms with Crippen LogP contribution in [0.15, 0.2) is 24.3 Å². The molecule has 0 atom stereocenters. The van der Waals surface area contributed by atoms with Crippen molar-refractivity contribution in [2.24, 2.45) is 7.05 Å². The van der Waals surface area contributed by atoms with E-state index in [0.717, 1.165) is 16.8 Å². The Labute approximate surface area is 117 Å². The fourth-order valence-corrected chi connectivity index (χ4v) is 1.82. The molecule has 0 aliphatic rings. The highest BCUT2D eigenvalue weighted by Gasteiger charge is 2.34. The SMILES string of the molecule is Cn1nc(C(F)(F)F)cc1CNCc1cccc(F)c1F. The van der Waals surface area contributed by atoms with Crippen molar-refractivity contribution in [3.8, 4) is 0 Å². The molecule has 1 aromatic heterocycles. The van der Waals surface area contributed by atoms with Crippen LogP contribution in [0, 0.1) is 11.6 Å². The maximum absolute atomic E-state index is 13.4. The summed E-state index contributed by atoms with van der Waals surface area (Å²) >= 11 is 0. The van der Waals surface area contributed by atoms with Gasteiger partial charge in [0, 0.05) is 25.7 Å². The molecule has 0 aliphatic heterocycles. The predicted molar refractivity (Wildman–Crippen MR) is 65.1 cm³/mol. The van der Waals surface area contributed by atoms with E-state index in [-0.39, 0.29) is 18.7 Å². The highest BCUT2D eigenvalue weighted by Crippen LogP contribution is 2.28. The summed E-state index contributed by atoms with van der Waals surface area (Å²) in [5.41, 5.74) is -0.592. The zero-order valence-electron chi connectivity index (χ0n) is 11.0. The third kappa shape index (κ3) is 3.57. The first-order valence-electron chi connectivity index (χ1n) is 6.02. The fourth-order valence-electron chi connectivity index (χ4n) is 1.82. The van der Waals surface area contributed by atoms with E-state index in [4.69, 9.17) is 0 Å². The van der Waals surface area contributed by atoms with Crippen molar-refractivity contribution in [3.05, 3.63) is 52.9 Å². The Hall–Kier alpha value is -1.96. The normalized spacial score (nSPS) is 11.9. The molecule has 0 aliphatic carbocycles. The lowest BCUT2D eigenvalue weighted by atomic mass is 10.2. The van der Waals surface area contributed by atoms with Gasteiger partial charge < -0.3 is 5.32 Å². The number of hydrogen-bond donors (Lipinski definition) is 1. The molecule has 0 spiro atoms. The number of aryl methyl sites for hydroxylation is 1. The Morgan fingerprint density at radius 1 is 1.19 bits per heavy atom. The second-order valence-corrected chi connectivity index (χ2v) is 4.46. The maximum atomic E-state index is 13.4. The van der Waals surface area contributed by atoms with Gasteiger partial charge in [-0.05, 0) is 12.1 Å². The monoisotopic (exact) mass is 305 g/mol. The number of nitrogens with one attached hydrogen (secondary N) is 1. The molecule has 114 valence electrons. The van der Waals surface area contributed by atoms with Crippen LogP contribution in [0.25, 0.3) is 0 Å². The van der Waals surface area contributed by atoms with Gasteiger partial charge in [-0.15, -0.1) is 0 Å². The van der Waals surface area contributed by atoms with Gasteiger partial charge in [0.05, 0.1) is 5.69 Å². The van der Waals surface area contributed by atoms with Gasteiger partial charge in [0.2, 0.25) is 0 Å². The summed E-state index contributed by atoms with van der Waals surface area (Å²) in [4.78, 5) is 0. The van der Waals surface area contributed by atoms with Crippen molar-refractivity contribution in [2.75, 3.05) is 0 Å². The van der Waals surface area contributed by atoms with Crippen molar-refractivity contribution in [1.29, 1.82) is 0 Å². The van der Waals surface area contributed by atoms with E-state index in [9.17, 15) is 22.0 Å². The molecule has 2 rings (SSSR count). The lowest BCUT2D eigenvalue weighted by Crippen LogP contribution is -2.16. The van der Waals surface area contributed by atoms with Gasteiger partial charge in [0.25, 0.3) is 0 Å². The van der Waals surface area contributed by atoms with E-state index in [1.807, 2.05) is 0 Å². The second kappa shape index (κ2) is 5.80. The van der Waals surface area contributed by atoms with Gasteiger partial charge in [-0.3, -0.25) is 4.68 Å². The van der Waals surface area contributed by atoms with E-state index < -0.39 is 23.5 Å². The number of aromatic nitrogens is 2. The Morgan fingerprint density at radius 2 is 1.90 bits per heavy atom. The van der Waals surface area contributed by atoms with Crippen LogP contribution in [0.2, 0.25) is 0 Å². The van der Waals surface area contributed by atoms with E-state index >= 15 is 0 Å². The number of benzene rings is 1. The Balaban J connectivity index is 2.01. The number of hydrogen-bond acceptors (Lipinski definition) is 2. The molecule has 21 heavy (non-hydrogen) atoms. The summed E-state index contributed by atoms with van der Waals surface area (Å²) < 4.78 is 64.9. The van der Waals surface area contributed by atoms with E-state index in [1.54, 1.807) is 0 Å². The highest BCUT2D eigenvalue weighted by molar-refractivity contribution is 5.19. The largest absolute Gasteiger partial charge is 0.435 e. The van der Waals surface area contributed by atoms with E-state index in [0.29, 0.717) is 5.69 Å². The standard InChI is InChI=1S/C13H12F5N3/c1-21-9(5-11(20-21)13(16,17)18)7-19-6-8-3-2-4-10(14)12(8)15/h2-5,19H,6-7H2,1H3. The van der Waals surface area contributed by atoms with Crippen molar-refractivity contribution >= 4 is 0 Å². The van der Waals surface area contributed by atoms with E-state index in [1.165, 1.54) is 19.2 Å². The van der Waals surface area contributed by atoms with E-state index in [2.05, 4.69) is 10.4 Å². The number of alkyl halides is 3. The van der Waals surface area contributed by atoms with Crippen molar-refractivity contribution < 1.29 is 22.0 Å². The van der Waals surface area contributed by atoms with Crippen molar-refractivity contribution in [2.45, 2.75) is 19.3 Å². The van der Waals surface area contributed by atoms with Crippen LogP contribution < -0.4 is 5.32 Å². The lowest BCUT2D eigenvalue weighted by Gasteiger charge is -2.06. The highest BCUT2D eigenvalue weighted by atomic mass is 19.4. The van der Waals surface area contributed by atoms with Gasteiger partial charge in [0.1, 0.15) is 0 Å². The molecule has 0 saturated carbocycles. The first-order valence-corrected chi connectivity index (χ1v) is 6.02. The summed E-state index contributed by atoms with van der Waals surface area (Å²) in [5.74, 6) is -1.93. The second-order valence-electron chi connectivity index (χ2n) is 4.46. The summed E-state index contributed by atoms with van der Waals surface area (Å²) in [5, 5.41) is 6.11. The Bertz CT molecular complexity index is 633. The van der Waals surface area contributed by atoms with Crippen molar-refractivity contribution in [1.82, 2.24) is 15.1 Å². The molecule has 1 N–H and O–H groups in total. The maximum Gasteiger partial charge on any atom is 0.435 e. The molecule has 0 saturated heterocycles. The third-order valence-electron chi connectivity index (χ3n) is 2.92. The molecular weight excluding hydrogens is 293 g/mol. The molecule has 2 aromatic rings. The molecule has 0 fully saturated rings. The number of rotatable bonds is 4. The third-order valence-corrected chi connectivity index (χ3v) is 2.92.